The molecule has 0 radical (unpaired) electrons. The van der Waals surface area contributed by atoms with Crippen LogP contribution >= 0.6 is 0 Å². The van der Waals surface area contributed by atoms with Crippen LogP contribution in [0.25, 0.3) is 5.76 Å². The smallest absolute Gasteiger partial charge is 0.354 e. The van der Waals surface area contributed by atoms with Crippen LogP contribution in [0.5, 0.6) is 0 Å². The number of aliphatic hydroxyl groups excluding tert-OH is 1. The Balaban J connectivity index is 1.74. The van der Waals surface area contributed by atoms with Crippen LogP contribution in [0.1, 0.15) is 50.9 Å². The van der Waals surface area contributed by atoms with E-state index in [4.69, 9.17) is 9.47 Å². The Morgan fingerprint density at radius 3 is 2.42 bits per heavy atom. The number of methoxy groups -OCH3 is 1. The van der Waals surface area contributed by atoms with Gasteiger partial charge in [0.1, 0.15) is 11.5 Å². The molecule has 9 nitrogen and oxygen atoms in total. The molecule has 0 bridgehead atoms. The van der Waals surface area contributed by atoms with Gasteiger partial charge in [-0.15, -0.1) is 0 Å². The van der Waals surface area contributed by atoms with Crippen LogP contribution in [-0.2, 0) is 19.1 Å². The third kappa shape index (κ3) is 4.81. The molecule has 36 heavy (non-hydrogen) atoms. The SMILES string of the molecule is COC(=O)c1[nH]c(C)c(C(O)=C2C(=O)C(=O)N(CCCN3CCOCC3)[C@@H]2c2ccc(C)cc2)c1C. The number of aliphatic hydroxyl groups is 1. The number of rotatable bonds is 7. The molecular formula is C27H33N3O6. The van der Waals surface area contributed by atoms with Crippen molar-refractivity contribution in [1.29, 1.82) is 0 Å². The fourth-order valence-corrected chi connectivity index (χ4v) is 5.04. The van der Waals surface area contributed by atoms with Crippen molar-refractivity contribution in [3.63, 3.8) is 0 Å². The van der Waals surface area contributed by atoms with Crippen molar-refractivity contribution in [1.82, 2.24) is 14.8 Å². The lowest BCUT2D eigenvalue weighted by molar-refractivity contribution is -0.140. The summed E-state index contributed by atoms with van der Waals surface area (Å²) in [6.45, 7) is 9.56. The van der Waals surface area contributed by atoms with E-state index in [1.54, 1.807) is 18.7 Å². The normalized spacial score (nSPS) is 20.2. The van der Waals surface area contributed by atoms with Crippen LogP contribution in [0.3, 0.4) is 0 Å². The van der Waals surface area contributed by atoms with Crippen molar-refractivity contribution in [2.45, 2.75) is 33.2 Å². The molecule has 2 N–H and O–H groups in total. The quantitative estimate of drug-likeness (QED) is 0.263. The highest BCUT2D eigenvalue weighted by Gasteiger charge is 2.46. The molecule has 1 amide bonds. The first-order chi connectivity index (χ1) is 17.2. The van der Waals surface area contributed by atoms with Crippen molar-refractivity contribution in [3.8, 4) is 0 Å². The number of ketones is 1. The van der Waals surface area contributed by atoms with Gasteiger partial charge in [0, 0.05) is 37.4 Å². The number of Topliss-reactive ketones (excluding diaryl/α,β-unsaturated/α-hetero) is 1. The van der Waals surface area contributed by atoms with Crippen molar-refractivity contribution >= 4 is 23.4 Å². The number of morpholine rings is 1. The van der Waals surface area contributed by atoms with E-state index in [9.17, 15) is 19.5 Å². The average molecular weight is 496 g/mol. The molecule has 3 heterocycles. The molecule has 1 aromatic carbocycles. The van der Waals surface area contributed by atoms with Gasteiger partial charge in [0.2, 0.25) is 0 Å². The minimum atomic E-state index is -0.732. The zero-order valence-electron chi connectivity index (χ0n) is 21.2. The van der Waals surface area contributed by atoms with Crippen LogP contribution in [0.15, 0.2) is 29.8 Å². The molecule has 0 spiro atoms. The van der Waals surface area contributed by atoms with Gasteiger partial charge < -0.3 is 24.5 Å². The number of likely N-dealkylation sites (tertiary alicyclic amines) is 1. The monoisotopic (exact) mass is 495 g/mol. The van der Waals surface area contributed by atoms with Crippen LogP contribution in [0, 0.1) is 20.8 Å². The van der Waals surface area contributed by atoms with Gasteiger partial charge in [0.15, 0.2) is 0 Å². The minimum Gasteiger partial charge on any atom is -0.507 e. The van der Waals surface area contributed by atoms with Crippen LogP contribution in [0.2, 0.25) is 0 Å². The van der Waals surface area contributed by atoms with E-state index in [1.807, 2.05) is 31.2 Å². The van der Waals surface area contributed by atoms with Gasteiger partial charge in [-0.3, -0.25) is 14.5 Å². The molecule has 9 heteroatoms. The molecule has 0 aliphatic carbocycles. The zero-order chi connectivity index (χ0) is 26.0. The third-order valence-electron chi connectivity index (χ3n) is 6.97. The summed E-state index contributed by atoms with van der Waals surface area (Å²) in [6, 6.07) is 6.87. The topological polar surface area (TPSA) is 112 Å². The van der Waals surface area contributed by atoms with E-state index in [0.717, 1.165) is 30.8 Å². The highest BCUT2D eigenvalue weighted by Crippen LogP contribution is 2.41. The molecule has 4 rings (SSSR count). The van der Waals surface area contributed by atoms with Crippen molar-refractivity contribution in [3.05, 3.63) is 63.5 Å². The van der Waals surface area contributed by atoms with Crippen LogP contribution in [-0.4, -0.2) is 84.1 Å². The molecule has 0 saturated carbocycles. The number of aryl methyl sites for hydroxylation is 2. The summed E-state index contributed by atoms with van der Waals surface area (Å²) in [5, 5.41) is 11.5. The summed E-state index contributed by atoms with van der Waals surface area (Å²) >= 11 is 0. The number of esters is 1. The number of carbonyl (C=O) groups is 3. The maximum absolute atomic E-state index is 13.3. The fourth-order valence-electron chi connectivity index (χ4n) is 5.04. The number of hydrogen-bond acceptors (Lipinski definition) is 7. The lowest BCUT2D eigenvalue weighted by Crippen LogP contribution is -2.38. The number of ether oxygens (including phenoxy) is 2. The first kappa shape index (κ1) is 25.7. The summed E-state index contributed by atoms with van der Waals surface area (Å²) in [5.74, 6) is -2.24. The number of aromatic nitrogens is 1. The maximum Gasteiger partial charge on any atom is 0.354 e. The van der Waals surface area contributed by atoms with E-state index >= 15 is 0 Å². The molecule has 2 aliphatic rings. The van der Waals surface area contributed by atoms with Crippen LogP contribution < -0.4 is 0 Å². The number of benzene rings is 1. The molecule has 2 saturated heterocycles. The molecular weight excluding hydrogens is 462 g/mol. The number of carbonyl (C=O) groups excluding carboxylic acids is 3. The van der Waals surface area contributed by atoms with Gasteiger partial charge in [-0.1, -0.05) is 29.8 Å². The van der Waals surface area contributed by atoms with Gasteiger partial charge in [-0.25, -0.2) is 4.79 Å². The Bertz CT molecular complexity index is 1190. The lowest BCUT2D eigenvalue weighted by Gasteiger charge is -2.29. The highest BCUT2D eigenvalue weighted by atomic mass is 16.5. The predicted octanol–water partition coefficient (Wildman–Crippen LogP) is 2.87. The summed E-state index contributed by atoms with van der Waals surface area (Å²) in [5.41, 5.74) is 3.30. The highest BCUT2D eigenvalue weighted by molar-refractivity contribution is 6.46. The Hall–Kier alpha value is -3.43. The predicted molar refractivity (Wildman–Crippen MR) is 134 cm³/mol. The van der Waals surface area contributed by atoms with E-state index in [2.05, 4.69) is 9.88 Å². The van der Waals surface area contributed by atoms with Gasteiger partial charge in [0.25, 0.3) is 11.7 Å². The number of nitrogens with one attached hydrogen (secondary N) is 1. The first-order valence-corrected chi connectivity index (χ1v) is 12.2. The van der Waals surface area contributed by atoms with Gasteiger partial charge in [0.05, 0.1) is 31.9 Å². The molecule has 2 fully saturated rings. The van der Waals surface area contributed by atoms with E-state index in [-0.39, 0.29) is 17.0 Å². The summed E-state index contributed by atoms with van der Waals surface area (Å²) in [4.78, 5) is 45.5. The number of hydrogen-bond donors (Lipinski definition) is 2. The Morgan fingerprint density at radius 1 is 1.11 bits per heavy atom. The second kappa shape index (κ2) is 10.7. The fraction of sp³-hybridized carbons (Fsp3) is 0.444. The minimum absolute atomic E-state index is 0.0249. The second-order valence-corrected chi connectivity index (χ2v) is 9.33. The van der Waals surface area contributed by atoms with E-state index in [1.165, 1.54) is 7.11 Å². The van der Waals surface area contributed by atoms with Crippen molar-refractivity contribution in [2.24, 2.45) is 0 Å². The maximum atomic E-state index is 13.3. The average Bonchev–Trinajstić information content (AvgIpc) is 3.31. The van der Waals surface area contributed by atoms with E-state index in [0.29, 0.717) is 43.0 Å². The first-order valence-electron chi connectivity index (χ1n) is 12.2. The van der Waals surface area contributed by atoms with E-state index < -0.39 is 23.7 Å². The van der Waals surface area contributed by atoms with Crippen LogP contribution in [0.4, 0.5) is 0 Å². The lowest BCUT2D eigenvalue weighted by atomic mass is 9.93. The molecule has 2 aromatic rings. The van der Waals surface area contributed by atoms with Crippen molar-refractivity contribution < 1.29 is 29.0 Å². The molecule has 192 valence electrons. The van der Waals surface area contributed by atoms with Gasteiger partial charge in [-0.2, -0.15) is 0 Å². The second-order valence-electron chi connectivity index (χ2n) is 9.33. The summed E-state index contributed by atoms with van der Waals surface area (Å²) in [6.07, 6.45) is 0.685. The number of H-pyrrole nitrogens is 1. The number of nitrogens with zero attached hydrogens (tertiary/aromatic N) is 2. The van der Waals surface area contributed by atoms with Crippen molar-refractivity contribution in [2.75, 3.05) is 46.5 Å². The molecule has 0 unspecified atom stereocenters. The Morgan fingerprint density at radius 2 is 1.78 bits per heavy atom. The van der Waals surface area contributed by atoms with Gasteiger partial charge >= 0.3 is 5.97 Å². The number of amides is 1. The van der Waals surface area contributed by atoms with Gasteiger partial charge in [-0.05, 0) is 38.3 Å². The Labute approximate surface area is 210 Å². The summed E-state index contributed by atoms with van der Waals surface area (Å²) < 4.78 is 10.2. The Kier molecular flexibility index (Phi) is 7.61. The summed E-state index contributed by atoms with van der Waals surface area (Å²) in [7, 11) is 1.28. The third-order valence-corrected chi connectivity index (χ3v) is 6.97. The molecule has 2 aliphatic heterocycles. The number of aromatic amines is 1. The largest absolute Gasteiger partial charge is 0.507 e. The zero-order valence-corrected chi connectivity index (χ0v) is 21.2. The molecule has 1 aromatic heterocycles. The molecule has 1 atom stereocenters. The standard InChI is InChI=1S/C27H33N3O6/c1-16-6-8-19(9-7-16)23-21(24(31)20-17(2)22(27(34)35-4)28-18(20)3)25(32)26(33)30(23)11-5-10-29-12-14-36-15-13-29/h6-9,23,28,31H,5,10-15H2,1-4H3/t23-/m1/s1.